The number of aromatic nitrogens is 1. The molecule has 0 N–H and O–H groups in total. The summed E-state index contributed by atoms with van der Waals surface area (Å²) in [6, 6.07) is 12.3. The fourth-order valence-electron chi connectivity index (χ4n) is 5.35. The van der Waals surface area contributed by atoms with Crippen molar-refractivity contribution < 1.29 is 14.3 Å². The van der Waals surface area contributed by atoms with Crippen molar-refractivity contribution in [3.05, 3.63) is 89.0 Å². The van der Waals surface area contributed by atoms with Crippen LogP contribution in [0.5, 0.6) is 5.75 Å². The monoisotopic (exact) mass is 608 g/mol. The van der Waals surface area contributed by atoms with Crippen LogP contribution >= 0.6 is 27.3 Å². The van der Waals surface area contributed by atoms with Crippen molar-refractivity contribution in [2.24, 2.45) is 4.99 Å². The molecule has 0 saturated heterocycles. The first-order valence-electron chi connectivity index (χ1n) is 12.9. The van der Waals surface area contributed by atoms with E-state index in [-0.39, 0.29) is 17.4 Å². The van der Waals surface area contributed by atoms with Crippen LogP contribution < -0.4 is 24.5 Å². The first-order valence-corrected chi connectivity index (χ1v) is 14.5. The quantitative estimate of drug-likeness (QED) is 0.428. The Kier molecular flexibility index (Phi) is 7.35. The van der Waals surface area contributed by atoms with Gasteiger partial charge >= 0.3 is 0 Å². The van der Waals surface area contributed by atoms with Gasteiger partial charge in [-0.05, 0) is 52.0 Å². The maximum atomic E-state index is 14.3. The van der Waals surface area contributed by atoms with E-state index < -0.39 is 6.04 Å². The largest absolute Gasteiger partial charge is 0.496 e. The Hall–Kier alpha value is -3.50. The molecule has 5 rings (SSSR count). The summed E-state index contributed by atoms with van der Waals surface area (Å²) < 4.78 is 8.35. The maximum Gasteiger partial charge on any atom is 0.271 e. The van der Waals surface area contributed by atoms with E-state index in [4.69, 9.17) is 9.73 Å². The molecule has 2 aromatic carbocycles. The van der Waals surface area contributed by atoms with Gasteiger partial charge in [0, 0.05) is 35.2 Å². The van der Waals surface area contributed by atoms with Crippen LogP contribution in [-0.4, -0.2) is 48.0 Å². The predicted octanol–water partition coefficient (Wildman–Crippen LogP) is 3.61. The van der Waals surface area contributed by atoms with Gasteiger partial charge < -0.3 is 14.5 Å². The van der Waals surface area contributed by atoms with Crippen molar-refractivity contribution in [3.63, 3.8) is 0 Å². The van der Waals surface area contributed by atoms with E-state index in [1.807, 2.05) is 63.2 Å². The first-order chi connectivity index (χ1) is 18.8. The summed E-state index contributed by atoms with van der Waals surface area (Å²) in [7, 11) is 1.57. The molecule has 2 aliphatic heterocycles. The number of hydrogen-bond acceptors (Lipinski definition) is 6. The Labute approximate surface area is 238 Å². The average molecular weight is 610 g/mol. The topological polar surface area (TPSA) is 84.2 Å². The minimum Gasteiger partial charge on any atom is -0.496 e. The molecule has 0 fully saturated rings. The summed E-state index contributed by atoms with van der Waals surface area (Å²) in [5.41, 5.74) is 3.10. The maximum absolute atomic E-state index is 14.3. The molecular weight excluding hydrogens is 580 g/mol. The van der Waals surface area contributed by atoms with Crippen LogP contribution in [0.1, 0.15) is 44.9 Å². The van der Waals surface area contributed by atoms with Crippen LogP contribution in [0.3, 0.4) is 0 Å². The molecule has 0 unspecified atom stereocenters. The van der Waals surface area contributed by atoms with E-state index in [0.29, 0.717) is 62.7 Å². The van der Waals surface area contributed by atoms with E-state index in [1.165, 1.54) is 11.3 Å². The van der Waals surface area contributed by atoms with Gasteiger partial charge in [-0.2, -0.15) is 0 Å². The highest BCUT2D eigenvalue weighted by Crippen LogP contribution is 2.38. The van der Waals surface area contributed by atoms with Crippen LogP contribution in [-0.2, 0) is 9.59 Å². The van der Waals surface area contributed by atoms with Crippen LogP contribution in [0.15, 0.2) is 68.0 Å². The summed E-state index contributed by atoms with van der Waals surface area (Å²) >= 11 is 4.69. The molecule has 3 aromatic rings. The molecule has 0 spiro atoms. The normalized spacial score (nSPS) is 17.6. The van der Waals surface area contributed by atoms with E-state index in [0.717, 1.165) is 10.2 Å². The Morgan fingerprint density at radius 3 is 2.51 bits per heavy atom. The van der Waals surface area contributed by atoms with Gasteiger partial charge in [0.2, 0.25) is 0 Å². The third-order valence-electron chi connectivity index (χ3n) is 7.23. The molecule has 1 atom stereocenters. The lowest BCUT2D eigenvalue weighted by Gasteiger charge is -2.29. The molecule has 39 heavy (non-hydrogen) atoms. The zero-order valence-electron chi connectivity index (χ0n) is 22.4. The second kappa shape index (κ2) is 10.6. The van der Waals surface area contributed by atoms with Crippen LogP contribution in [0, 0.1) is 0 Å². The molecule has 10 heteroatoms. The number of halogens is 1. The number of methoxy groups -OCH3 is 1. The standard InChI is InChI=1S/C29H29BrN4O4S/c1-6-32(7-2)26(35)22-16(4)31-29-34(24(22)18-11-9-10-12-21(18)38-5)28(37)25(39-29)23-19-15-17(30)13-14-20(19)33(8-3)27(23)36/h9-15,24H,6-8H2,1-5H3/b25-23-/t24-/m1/s1. The third-order valence-corrected chi connectivity index (χ3v) is 8.78. The highest BCUT2D eigenvalue weighted by Gasteiger charge is 2.38. The van der Waals surface area contributed by atoms with Gasteiger partial charge in [-0.1, -0.05) is 45.5 Å². The number of carbonyl (C=O) groups is 2. The highest BCUT2D eigenvalue weighted by atomic mass is 79.9. The third kappa shape index (κ3) is 4.26. The van der Waals surface area contributed by atoms with E-state index in [2.05, 4.69) is 15.9 Å². The summed E-state index contributed by atoms with van der Waals surface area (Å²) in [6.07, 6.45) is 0. The van der Waals surface area contributed by atoms with Gasteiger partial charge in [-0.25, -0.2) is 4.99 Å². The number of allylic oxidation sites excluding steroid dienone is 1. The minimum absolute atomic E-state index is 0.182. The summed E-state index contributed by atoms with van der Waals surface area (Å²) in [5.74, 6) is 0.155. The molecule has 0 saturated carbocycles. The number of amides is 2. The van der Waals surface area contributed by atoms with Crippen molar-refractivity contribution in [3.8, 4) is 5.75 Å². The average Bonchev–Trinajstić information content (AvgIpc) is 3.39. The summed E-state index contributed by atoms with van der Waals surface area (Å²) in [6.45, 7) is 9.07. The van der Waals surface area contributed by atoms with E-state index >= 15 is 0 Å². The van der Waals surface area contributed by atoms with Gasteiger partial charge in [-0.3, -0.25) is 19.0 Å². The van der Waals surface area contributed by atoms with Crippen molar-refractivity contribution in [1.82, 2.24) is 9.47 Å². The number of likely N-dealkylation sites (N-methyl/N-ethyl adjacent to an activating group) is 2. The fraction of sp³-hybridized carbons (Fsp3) is 0.310. The lowest BCUT2D eigenvalue weighted by Crippen LogP contribution is -2.43. The predicted molar refractivity (Wildman–Crippen MR) is 156 cm³/mol. The lowest BCUT2D eigenvalue weighted by molar-refractivity contribution is -0.127. The van der Waals surface area contributed by atoms with Gasteiger partial charge in [0.15, 0.2) is 4.80 Å². The Balaban J connectivity index is 1.86. The molecule has 3 heterocycles. The summed E-state index contributed by atoms with van der Waals surface area (Å²) in [5, 5.41) is 0. The van der Waals surface area contributed by atoms with Crippen molar-refractivity contribution in [2.45, 2.75) is 33.7 Å². The lowest BCUT2D eigenvalue weighted by atomic mass is 9.94. The molecule has 0 bridgehead atoms. The number of nitrogens with zero attached hydrogens (tertiary/aromatic N) is 4. The Morgan fingerprint density at radius 2 is 1.85 bits per heavy atom. The molecule has 2 aliphatic rings. The number of rotatable bonds is 6. The SMILES string of the molecule is CCN(CC)C(=O)C1=C(C)N=c2s/c(=C3\C(=O)N(CC)c4ccc(Br)cc43)c(=O)n2[C@@H]1c1ccccc1OC. The van der Waals surface area contributed by atoms with E-state index in [9.17, 15) is 14.4 Å². The number of para-hydroxylation sites is 1. The van der Waals surface area contributed by atoms with Gasteiger partial charge in [0.25, 0.3) is 17.4 Å². The van der Waals surface area contributed by atoms with Gasteiger partial charge in [0.05, 0.1) is 29.6 Å². The van der Waals surface area contributed by atoms with E-state index in [1.54, 1.807) is 28.4 Å². The highest BCUT2D eigenvalue weighted by molar-refractivity contribution is 9.10. The fourth-order valence-corrected chi connectivity index (χ4v) is 6.85. The summed E-state index contributed by atoms with van der Waals surface area (Å²) in [4.78, 5) is 50.4. The van der Waals surface area contributed by atoms with Crippen molar-refractivity contribution in [2.75, 3.05) is 31.6 Å². The number of hydrogen-bond donors (Lipinski definition) is 0. The molecule has 202 valence electrons. The molecule has 8 nitrogen and oxygen atoms in total. The molecule has 2 amide bonds. The number of ether oxygens (including phenoxy) is 1. The molecular formula is C29H29BrN4O4S. The number of thiazole rings is 1. The van der Waals surface area contributed by atoms with Crippen LogP contribution in [0.25, 0.3) is 5.57 Å². The van der Waals surface area contributed by atoms with Crippen molar-refractivity contribution in [1.29, 1.82) is 0 Å². The number of fused-ring (bicyclic) bond motifs is 2. The first kappa shape index (κ1) is 27.1. The number of anilines is 1. The zero-order chi connectivity index (χ0) is 28.0. The number of benzene rings is 2. The molecule has 0 aliphatic carbocycles. The zero-order valence-corrected chi connectivity index (χ0v) is 24.9. The van der Waals surface area contributed by atoms with Crippen LogP contribution in [0.2, 0.25) is 0 Å². The second-order valence-electron chi connectivity index (χ2n) is 9.21. The van der Waals surface area contributed by atoms with Gasteiger partial charge in [-0.15, -0.1) is 0 Å². The van der Waals surface area contributed by atoms with Gasteiger partial charge in [0.1, 0.15) is 16.3 Å². The Morgan fingerprint density at radius 1 is 1.13 bits per heavy atom. The number of carbonyl (C=O) groups excluding carboxylic acids is 2. The Bertz CT molecular complexity index is 1720. The second-order valence-corrected chi connectivity index (χ2v) is 11.1. The minimum atomic E-state index is -0.763. The molecule has 0 radical (unpaired) electrons. The van der Waals surface area contributed by atoms with Crippen LogP contribution in [0.4, 0.5) is 5.69 Å². The molecule has 1 aromatic heterocycles. The smallest absolute Gasteiger partial charge is 0.271 e. The van der Waals surface area contributed by atoms with Crippen molar-refractivity contribution >= 4 is 50.3 Å².